The van der Waals surface area contributed by atoms with E-state index in [1.807, 2.05) is 46.8 Å². The van der Waals surface area contributed by atoms with Gasteiger partial charge in [0.2, 0.25) is 11.8 Å². The number of aliphatic carboxylic acids is 2. The van der Waals surface area contributed by atoms with Crippen LogP contribution in [0.5, 0.6) is 0 Å². The number of nitrogens with one attached hydrogen (secondary N) is 4. The Morgan fingerprint density at radius 3 is 2.18 bits per heavy atom. The second kappa shape index (κ2) is 12.9. The number of thiol groups is 1. The number of H-pyrrole nitrogens is 1. The van der Waals surface area contributed by atoms with Crippen LogP contribution in [0.25, 0.3) is 12.2 Å². The van der Waals surface area contributed by atoms with Crippen LogP contribution in [0.3, 0.4) is 0 Å². The van der Waals surface area contributed by atoms with Crippen LogP contribution in [0.4, 0.5) is 0 Å². The number of hydrogen-bond acceptors (Lipinski definition) is 6. The molecule has 1 aromatic rings. The second-order valence-corrected chi connectivity index (χ2v) is 13.9. The SMILES string of the molecule is CCC1=C(C)[C@@H]([C@H](O)C2N/C(=C\c3[nH]c(/C=C4\NC(=O)[C@H](C)[C@H]4[C@H]4C[SH+]4)c(C)c3CCC(=O)O)C(CCC(=O)O)=C2C)NC1=O. The summed E-state index contributed by atoms with van der Waals surface area (Å²) in [7, 11) is 0. The van der Waals surface area contributed by atoms with E-state index in [-0.39, 0.29) is 49.3 Å². The van der Waals surface area contributed by atoms with Gasteiger partial charge in [-0.05, 0) is 91.8 Å². The minimum atomic E-state index is -1.01. The van der Waals surface area contributed by atoms with Crippen molar-refractivity contribution in [1.29, 1.82) is 0 Å². The highest BCUT2D eigenvalue weighted by Crippen LogP contribution is 2.39. The summed E-state index contributed by atoms with van der Waals surface area (Å²) >= 11 is 1.34. The van der Waals surface area contributed by atoms with E-state index in [0.717, 1.165) is 45.0 Å². The third-order valence-electron chi connectivity index (χ3n) is 9.72. The average Bonchev–Trinajstić information content (AvgIpc) is 3.53. The number of aliphatic hydroxyl groups is 1. The molecule has 7 N–H and O–H groups in total. The van der Waals surface area contributed by atoms with Crippen LogP contribution in [0, 0.1) is 18.8 Å². The van der Waals surface area contributed by atoms with Crippen LogP contribution in [-0.4, -0.2) is 73.2 Å². The molecule has 0 saturated carbocycles. The van der Waals surface area contributed by atoms with Crippen LogP contribution < -0.4 is 16.0 Å². The molecule has 5 rings (SSSR count). The van der Waals surface area contributed by atoms with Crippen LogP contribution in [0.15, 0.2) is 33.7 Å². The number of aliphatic hydroxyl groups excluding tert-OH is 1. The Morgan fingerprint density at radius 1 is 0.956 bits per heavy atom. The van der Waals surface area contributed by atoms with Crippen molar-refractivity contribution in [3.8, 4) is 0 Å². The maximum absolute atomic E-state index is 12.6. The Bertz CT molecular complexity index is 1560. The third-order valence-corrected chi connectivity index (χ3v) is 10.8. The Morgan fingerprint density at radius 2 is 1.58 bits per heavy atom. The topological polar surface area (TPSA) is 181 Å². The zero-order valence-electron chi connectivity index (χ0n) is 26.3. The number of aromatic nitrogens is 1. The molecule has 0 aromatic carbocycles. The van der Waals surface area contributed by atoms with Gasteiger partial charge in [-0.2, -0.15) is 0 Å². The molecule has 0 bridgehead atoms. The van der Waals surface area contributed by atoms with Crippen molar-refractivity contribution in [2.45, 2.75) is 90.2 Å². The van der Waals surface area contributed by atoms with Gasteiger partial charge in [0.1, 0.15) is 6.10 Å². The molecule has 6 atom stereocenters. The van der Waals surface area contributed by atoms with Gasteiger partial charge in [0, 0.05) is 47.1 Å². The minimum absolute atomic E-state index is 0.00373. The molecule has 0 aliphatic carbocycles. The molecular formula is C33H43N4O7S+. The Labute approximate surface area is 266 Å². The molecule has 45 heavy (non-hydrogen) atoms. The van der Waals surface area contributed by atoms with Crippen LogP contribution >= 0.6 is 0 Å². The molecule has 1 unspecified atom stereocenters. The van der Waals surface area contributed by atoms with Gasteiger partial charge >= 0.3 is 11.9 Å². The van der Waals surface area contributed by atoms with Crippen molar-refractivity contribution in [2.75, 3.05) is 5.75 Å². The monoisotopic (exact) mass is 639 g/mol. The molecule has 1 aromatic heterocycles. The van der Waals surface area contributed by atoms with Crippen molar-refractivity contribution in [3.05, 3.63) is 56.2 Å². The zero-order valence-corrected chi connectivity index (χ0v) is 27.2. The quantitative estimate of drug-likeness (QED) is 0.103. The predicted molar refractivity (Wildman–Crippen MR) is 173 cm³/mol. The van der Waals surface area contributed by atoms with E-state index < -0.39 is 30.1 Å². The first-order chi connectivity index (χ1) is 21.3. The molecule has 5 heterocycles. The van der Waals surface area contributed by atoms with E-state index in [9.17, 15) is 34.5 Å². The molecule has 2 saturated heterocycles. The summed E-state index contributed by atoms with van der Waals surface area (Å²) in [6.07, 6.45) is 3.67. The van der Waals surface area contributed by atoms with E-state index in [2.05, 4.69) is 20.9 Å². The number of rotatable bonds is 12. The van der Waals surface area contributed by atoms with E-state index in [1.165, 1.54) is 11.8 Å². The summed E-state index contributed by atoms with van der Waals surface area (Å²) in [5.74, 6) is -1.00. The number of carboxylic acids is 2. The van der Waals surface area contributed by atoms with Crippen molar-refractivity contribution < 1.29 is 34.5 Å². The fourth-order valence-electron chi connectivity index (χ4n) is 7.01. The fourth-order valence-corrected chi connectivity index (χ4v) is 8.00. The fraction of sp³-hybridized carbons (Fsp3) is 0.515. The van der Waals surface area contributed by atoms with E-state index in [4.69, 9.17) is 0 Å². The Hall–Kier alpha value is -3.77. The van der Waals surface area contributed by atoms with Gasteiger partial charge in [-0.25, -0.2) is 0 Å². The molecular weight excluding hydrogens is 596 g/mol. The Kier molecular flexibility index (Phi) is 9.36. The van der Waals surface area contributed by atoms with Crippen molar-refractivity contribution in [3.63, 3.8) is 0 Å². The first kappa shape index (κ1) is 32.6. The molecule has 4 aliphatic rings. The van der Waals surface area contributed by atoms with Gasteiger partial charge < -0.3 is 36.3 Å². The van der Waals surface area contributed by atoms with Gasteiger partial charge in [0.05, 0.1) is 18.0 Å². The average molecular weight is 640 g/mol. The molecule has 0 spiro atoms. The number of aromatic amines is 1. The van der Waals surface area contributed by atoms with Crippen LogP contribution in [0.2, 0.25) is 0 Å². The highest BCUT2D eigenvalue weighted by Gasteiger charge is 2.52. The normalized spacial score (nSPS) is 28.6. The lowest BCUT2D eigenvalue weighted by Gasteiger charge is -2.27. The van der Waals surface area contributed by atoms with E-state index in [0.29, 0.717) is 28.6 Å². The number of amides is 2. The van der Waals surface area contributed by atoms with Crippen LogP contribution in [-0.2, 0) is 37.4 Å². The molecule has 4 aliphatic heterocycles. The molecule has 12 heteroatoms. The molecule has 11 nitrogen and oxygen atoms in total. The van der Waals surface area contributed by atoms with Crippen molar-refractivity contribution >= 4 is 47.7 Å². The molecule has 2 amide bonds. The predicted octanol–water partition coefficient (Wildman–Crippen LogP) is 2.34. The summed E-state index contributed by atoms with van der Waals surface area (Å²) < 4.78 is 0. The van der Waals surface area contributed by atoms with Gasteiger partial charge in [0.15, 0.2) is 11.0 Å². The highest BCUT2D eigenvalue weighted by atomic mass is 32.2. The van der Waals surface area contributed by atoms with Gasteiger partial charge in [-0.3, -0.25) is 19.2 Å². The maximum atomic E-state index is 12.6. The maximum Gasteiger partial charge on any atom is 0.303 e. The van der Waals surface area contributed by atoms with Gasteiger partial charge in [-0.1, -0.05) is 13.8 Å². The van der Waals surface area contributed by atoms with Gasteiger partial charge in [-0.15, -0.1) is 0 Å². The lowest BCUT2D eigenvalue weighted by atomic mass is 9.91. The number of carboxylic acid groups (broad SMARTS) is 2. The standard InChI is InChI=1S/C33H42N4O7S/c1-6-18-15(3)30(37-33(18)44)31(42)29-16(4)20(8-10-27(40)41)23(35-29)12-22-19(7-9-26(38)39)14(2)21(34-22)11-24-28(25-13-45-25)17(5)32(43)36-24/h11-12,17,25,28-31,34-35,42H,6-10,13H2,1-5H3,(H,36,43)(H,37,44)(H,38,39)(H,40,41)/p+1/b23-12-,24-11-/t17-,25-,28-,29?,30+,31-/m1/s1. The smallest absolute Gasteiger partial charge is 0.303 e. The molecule has 0 radical (unpaired) electrons. The first-order valence-corrected chi connectivity index (χ1v) is 16.7. The number of allylic oxidation sites excluding steroid dienone is 2. The first-order valence-electron chi connectivity index (χ1n) is 15.5. The lowest BCUT2D eigenvalue weighted by Crippen LogP contribution is -2.49. The summed E-state index contributed by atoms with van der Waals surface area (Å²) in [6, 6.07) is -1.16. The van der Waals surface area contributed by atoms with E-state index in [1.54, 1.807) is 0 Å². The summed E-state index contributed by atoms with van der Waals surface area (Å²) in [6.45, 7) is 9.48. The van der Waals surface area contributed by atoms with Gasteiger partial charge in [0.25, 0.3) is 0 Å². The summed E-state index contributed by atoms with van der Waals surface area (Å²) in [5, 5.41) is 40.3. The number of carbonyl (C=O) groups is 4. The Balaban J connectivity index is 1.53. The molecule has 2 fully saturated rings. The lowest BCUT2D eigenvalue weighted by molar-refractivity contribution is -0.138. The minimum Gasteiger partial charge on any atom is -0.481 e. The summed E-state index contributed by atoms with van der Waals surface area (Å²) in [4.78, 5) is 51.7. The number of hydrogen-bond donors (Lipinski definition) is 7. The van der Waals surface area contributed by atoms with Crippen molar-refractivity contribution in [1.82, 2.24) is 20.9 Å². The highest BCUT2D eigenvalue weighted by molar-refractivity contribution is 7.86. The molecule has 242 valence electrons. The zero-order chi connectivity index (χ0) is 32.7. The van der Waals surface area contributed by atoms with Crippen molar-refractivity contribution in [2.24, 2.45) is 11.8 Å². The third kappa shape index (κ3) is 6.48. The van der Waals surface area contributed by atoms with Crippen LogP contribution in [0.1, 0.15) is 75.9 Å². The largest absolute Gasteiger partial charge is 0.481 e. The summed E-state index contributed by atoms with van der Waals surface area (Å²) in [5.41, 5.74) is 7.62. The second-order valence-electron chi connectivity index (χ2n) is 12.5. The number of carbonyl (C=O) groups excluding carboxylic acids is 2. The van der Waals surface area contributed by atoms with E-state index >= 15 is 0 Å².